The molecule has 0 spiro atoms. The van der Waals surface area contributed by atoms with Gasteiger partial charge in [0.25, 0.3) is 0 Å². The Kier molecular flexibility index (Phi) is 6.76. The van der Waals surface area contributed by atoms with E-state index in [1.165, 1.54) is 11.8 Å². The number of hydrogen-bond donors (Lipinski definition) is 1. The van der Waals surface area contributed by atoms with Crippen LogP contribution < -0.4 is 9.47 Å². The van der Waals surface area contributed by atoms with Crippen molar-refractivity contribution in [3.8, 4) is 22.9 Å². The average molecular weight is 450 g/mol. The second kappa shape index (κ2) is 9.25. The number of rotatable bonds is 8. The normalized spacial score (nSPS) is 12.0. The molecule has 3 rings (SSSR count). The van der Waals surface area contributed by atoms with E-state index >= 15 is 0 Å². The minimum atomic E-state index is -0.611. The average Bonchev–Trinajstić information content (AvgIpc) is 3.06. The molecule has 1 N–H and O–H groups in total. The standard InChI is InChI=1S/C19H20BrN3O3S/c1-23-18(13-3-7-16(25-2)8-4-13)21-22-19(23)27-12-15(24)11-26-17-9-5-14(20)6-10-17/h3-10,15,24H,11-12H2,1-2H3. The third kappa shape index (κ3) is 5.24. The van der Waals surface area contributed by atoms with Gasteiger partial charge in [-0.1, -0.05) is 27.7 Å². The minimum Gasteiger partial charge on any atom is -0.497 e. The lowest BCUT2D eigenvalue weighted by molar-refractivity contribution is 0.126. The summed E-state index contributed by atoms with van der Waals surface area (Å²) in [6.45, 7) is 0.220. The van der Waals surface area contributed by atoms with Crippen LogP contribution in [0.3, 0.4) is 0 Å². The van der Waals surface area contributed by atoms with Gasteiger partial charge in [0.05, 0.1) is 13.2 Å². The van der Waals surface area contributed by atoms with Crippen LogP contribution in [0.5, 0.6) is 11.5 Å². The van der Waals surface area contributed by atoms with E-state index in [1.54, 1.807) is 7.11 Å². The van der Waals surface area contributed by atoms with Gasteiger partial charge in [-0.15, -0.1) is 10.2 Å². The highest BCUT2D eigenvalue weighted by molar-refractivity contribution is 9.10. The topological polar surface area (TPSA) is 69.4 Å². The van der Waals surface area contributed by atoms with Crippen molar-refractivity contribution in [2.24, 2.45) is 7.05 Å². The van der Waals surface area contributed by atoms with Crippen LogP contribution in [-0.4, -0.2) is 45.4 Å². The maximum atomic E-state index is 10.2. The number of ether oxygens (including phenoxy) is 2. The Morgan fingerprint density at radius 3 is 2.41 bits per heavy atom. The Bertz CT molecular complexity index is 869. The molecule has 1 aromatic heterocycles. The van der Waals surface area contributed by atoms with E-state index < -0.39 is 6.10 Å². The smallest absolute Gasteiger partial charge is 0.191 e. The predicted octanol–water partition coefficient (Wildman–Crippen LogP) is 3.79. The molecule has 2 aromatic carbocycles. The van der Waals surface area contributed by atoms with E-state index in [1.807, 2.05) is 60.1 Å². The number of aliphatic hydroxyl groups is 1. The summed E-state index contributed by atoms with van der Waals surface area (Å²) < 4.78 is 13.7. The van der Waals surface area contributed by atoms with Crippen LogP contribution in [0.25, 0.3) is 11.4 Å². The number of aromatic nitrogens is 3. The van der Waals surface area contributed by atoms with Crippen molar-refractivity contribution in [1.82, 2.24) is 14.8 Å². The SMILES string of the molecule is COc1ccc(-c2nnc(SCC(O)COc3ccc(Br)cc3)n2C)cc1. The van der Waals surface area contributed by atoms with E-state index in [9.17, 15) is 5.11 Å². The first-order chi connectivity index (χ1) is 13.1. The molecule has 8 heteroatoms. The van der Waals surface area contributed by atoms with Gasteiger partial charge in [-0.25, -0.2) is 0 Å². The fourth-order valence-electron chi connectivity index (χ4n) is 2.37. The van der Waals surface area contributed by atoms with Gasteiger partial charge in [0.15, 0.2) is 11.0 Å². The van der Waals surface area contributed by atoms with Gasteiger partial charge in [0.2, 0.25) is 0 Å². The molecule has 0 saturated heterocycles. The first-order valence-corrected chi connectivity index (χ1v) is 10.1. The molecule has 0 aliphatic carbocycles. The Balaban J connectivity index is 1.54. The molecule has 0 amide bonds. The summed E-state index contributed by atoms with van der Waals surface area (Å²) in [5.41, 5.74) is 0.955. The van der Waals surface area contributed by atoms with E-state index in [0.717, 1.165) is 32.5 Å². The fourth-order valence-corrected chi connectivity index (χ4v) is 3.45. The van der Waals surface area contributed by atoms with Crippen LogP contribution in [0.2, 0.25) is 0 Å². The fraction of sp³-hybridized carbons (Fsp3) is 0.263. The molecule has 1 unspecified atom stereocenters. The lowest BCUT2D eigenvalue weighted by Gasteiger charge is -2.12. The van der Waals surface area contributed by atoms with E-state index in [4.69, 9.17) is 9.47 Å². The Hall–Kier alpha value is -2.03. The number of benzene rings is 2. The van der Waals surface area contributed by atoms with E-state index in [-0.39, 0.29) is 6.61 Å². The van der Waals surface area contributed by atoms with Gasteiger partial charge < -0.3 is 19.1 Å². The maximum Gasteiger partial charge on any atom is 0.191 e. The van der Waals surface area contributed by atoms with Gasteiger partial charge in [0.1, 0.15) is 18.1 Å². The van der Waals surface area contributed by atoms with Gasteiger partial charge >= 0.3 is 0 Å². The van der Waals surface area contributed by atoms with Crippen LogP contribution in [0.4, 0.5) is 0 Å². The van der Waals surface area contributed by atoms with Gasteiger partial charge in [0, 0.05) is 22.8 Å². The summed E-state index contributed by atoms with van der Waals surface area (Å²) in [6, 6.07) is 15.2. The zero-order valence-corrected chi connectivity index (χ0v) is 17.4. The monoisotopic (exact) mass is 449 g/mol. The van der Waals surface area contributed by atoms with Crippen LogP contribution in [-0.2, 0) is 7.05 Å². The van der Waals surface area contributed by atoms with Crippen LogP contribution >= 0.6 is 27.7 Å². The van der Waals surface area contributed by atoms with Gasteiger partial charge in [-0.3, -0.25) is 0 Å². The number of methoxy groups -OCH3 is 1. The summed E-state index contributed by atoms with van der Waals surface area (Å²) >= 11 is 4.82. The first kappa shape index (κ1) is 19.7. The molecule has 0 aliphatic heterocycles. The van der Waals surface area contributed by atoms with Crippen LogP contribution in [0.1, 0.15) is 0 Å². The van der Waals surface area contributed by atoms with Crippen molar-refractivity contribution < 1.29 is 14.6 Å². The number of aliphatic hydroxyl groups excluding tert-OH is 1. The molecule has 0 saturated carbocycles. The van der Waals surface area contributed by atoms with Crippen molar-refractivity contribution in [3.63, 3.8) is 0 Å². The molecular weight excluding hydrogens is 430 g/mol. The molecule has 27 heavy (non-hydrogen) atoms. The van der Waals surface area contributed by atoms with Crippen molar-refractivity contribution in [2.75, 3.05) is 19.5 Å². The van der Waals surface area contributed by atoms with Crippen molar-refractivity contribution in [2.45, 2.75) is 11.3 Å². The highest BCUT2D eigenvalue weighted by atomic mass is 79.9. The van der Waals surface area contributed by atoms with Crippen molar-refractivity contribution in [1.29, 1.82) is 0 Å². The molecule has 1 atom stereocenters. The predicted molar refractivity (Wildman–Crippen MR) is 109 cm³/mol. The highest BCUT2D eigenvalue weighted by Gasteiger charge is 2.14. The number of halogens is 1. The molecule has 1 heterocycles. The van der Waals surface area contributed by atoms with Gasteiger partial charge in [-0.2, -0.15) is 0 Å². The zero-order chi connectivity index (χ0) is 19.2. The highest BCUT2D eigenvalue weighted by Crippen LogP contribution is 2.25. The Labute approximate surface area is 170 Å². The van der Waals surface area contributed by atoms with Crippen LogP contribution in [0.15, 0.2) is 58.2 Å². The van der Waals surface area contributed by atoms with Crippen LogP contribution in [0, 0.1) is 0 Å². The summed E-state index contributed by atoms with van der Waals surface area (Å²) in [5, 5.41) is 19.4. The molecular formula is C19H20BrN3O3S. The van der Waals surface area contributed by atoms with E-state index in [2.05, 4.69) is 26.1 Å². The second-order valence-corrected chi connectivity index (χ2v) is 7.73. The first-order valence-electron chi connectivity index (χ1n) is 8.30. The second-order valence-electron chi connectivity index (χ2n) is 5.82. The van der Waals surface area contributed by atoms with Gasteiger partial charge in [-0.05, 0) is 48.5 Å². The third-order valence-electron chi connectivity index (χ3n) is 3.84. The minimum absolute atomic E-state index is 0.220. The number of thioether (sulfide) groups is 1. The molecule has 3 aromatic rings. The molecule has 0 radical (unpaired) electrons. The zero-order valence-electron chi connectivity index (χ0n) is 15.0. The summed E-state index contributed by atoms with van der Waals surface area (Å²) in [7, 11) is 3.55. The summed E-state index contributed by atoms with van der Waals surface area (Å²) in [6.07, 6.45) is -0.611. The Morgan fingerprint density at radius 2 is 1.74 bits per heavy atom. The summed E-state index contributed by atoms with van der Waals surface area (Å²) in [4.78, 5) is 0. The van der Waals surface area contributed by atoms with E-state index in [0.29, 0.717) is 5.75 Å². The maximum absolute atomic E-state index is 10.2. The van der Waals surface area contributed by atoms with Crippen molar-refractivity contribution >= 4 is 27.7 Å². The lowest BCUT2D eigenvalue weighted by atomic mass is 10.2. The van der Waals surface area contributed by atoms with Crippen molar-refractivity contribution in [3.05, 3.63) is 53.0 Å². The molecule has 0 fully saturated rings. The molecule has 0 bridgehead atoms. The quantitative estimate of drug-likeness (QED) is 0.527. The number of nitrogens with zero attached hydrogens (tertiary/aromatic N) is 3. The summed E-state index contributed by atoms with van der Waals surface area (Å²) in [5.74, 6) is 2.75. The largest absolute Gasteiger partial charge is 0.497 e. The Morgan fingerprint density at radius 1 is 1.07 bits per heavy atom. The molecule has 0 aliphatic rings. The third-order valence-corrected chi connectivity index (χ3v) is 5.54. The molecule has 6 nitrogen and oxygen atoms in total. The lowest BCUT2D eigenvalue weighted by Crippen LogP contribution is -2.20. The number of hydrogen-bond acceptors (Lipinski definition) is 6. The molecule has 142 valence electrons.